The summed E-state index contributed by atoms with van der Waals surface area (Å²) in [4.78, 5) is 0. The van der Waals surface area contributed by atoms with E-state index in [4.69, 9.17) is 5.73 Å². The van der Waals surface area contributed by atoms with Crippen LogP contribution in [-0.2, 0) is 0 Å². The van der Waals surface area contributed by atoms with Gasteiger partial charge < -0.3 is 5.73 Å². The predicted molar refractivity (Wildman–Crippen MR) is 53.6 cm³/mol. The van der Waals surface area contributed by atoms with E-state index in [1.165, 1.54) is 11.1 Å². The van der Waals surface area contributed by atoms with Crippen molar-refractivity contribution in [1.29, 1.82) is 0 Å². The van der Waals surface area contributed by atoms with Crippen LogP contribution in [-0.4, -0.2) is 6.54 Å². The maximum atomic E-state index is 5.43. The third-order valence-electron chi connectivity index (χ3n) is 1.54. The molecule has 11 heavy (non-hydrogen) atoms. The van der Waals surface area contributed by atoms with Gasteiger partial charge in [-0.05, 0) is 18.9 Å². The van der Waals surface area contributed by atoms with Crippen molar-refractivity contribution >= 4 is 0 Å². The van der Waals surface area contributed by atoms with Gasteiger partial charge in [-0.25, -0.2) is 0 Å². The Bertz CT molecular complexity index is 123. The van der Waals surface area contributed by atoms with Crippen molar-refractivity contribution in [3.05, 3.63) is 23.8 Å². The molecule has 66 valence electrons. The van der Waals surface area contributed by atoms with Gasteiger partial charge in [0, 0.05) is 6.54 Å². The molecule has 0 heterocycles. The topological polar surface area (TPSA) is 26.0 Å². The fourth-order valence-corrected chi connectivity index (χ4v) is 0.659. The lowest BCUT2D eigenvalue weighted by atomic mass is 10.1. The summed E-state index contributed by atoms with van der Waals surface area (Å²) < 4.78 is 0. The second-order valence-electron chi connectivity index (χ2n) is 2.07. The van der Waals surface area contributed by atoms with Gasteiger partial charge in [0.05, 0.1) is 0 Å². The van der Waals surface area contributed by atoms with Crippen LogP contribution < -0.4 is 5.73 Å². The molecule has 2 N–H and O–H groups in total. The molecule has 0 saturated heterocycles. The maximum absolute atomic E-state index is 5.43. The van der Waals surface area contributed by atoms with E-state index in [1.54, 1.807) is 0 Å². The lowest BCUT2D eigenvalue weighted by Gasteiger charge is -2.01. The normalized spacial score (nSPS) is 11.0. The van der Waals surface area contributed by atoms with Gasteiger partial charge in [-0.2, -0.15) is 0 Å². The molecule has 0 radical (unpaired) electrons. The van der Waals surface area contributed by atoms with Gasteiger partial charge in [0.1, 0.15) is 0 Å². The van der Waals surface area contributed by atoms with Crippen LogP contribution in [0, 0.1) is 0 Å². The summed E-state index contributed by atoms with van der Waals surface area (Å²) in [6, 6.07) is 0. The number of hydrogen-bond acceptors (Lipinski definition) is 1. The van der Waals surface area contributed by atoms with Crippen LogP contribution in [0.3, 0.4) is 0 Å². The molecular formula is C10H21N. The first-order valence-corrected chi connectivity index (χ1v) is 4.27. The van der Waals surface area contributed by atoms with Crippen molar-refractivity contribution in [3.8, 4) is 0 Å². The zero-order valence-electron chi connectivity index (χ0n) is 8.28. The molecule has 0 aromatic carbocycles. The Balaban J connectivity index is 0. The summed E-state index contributed by atoms with van der Waals surface area (Å²) in [5.74, 6) is 0. The summed E-state index contributed by atoms with van der Waals surface area (Å²) in [5, 5.41) is 0. The van der Waals surface area contributed by atoms with E-state index in [1.807, 2.05) is 19.9 Å². The van der Waals surface area contributed by atoms with E-state index < -0.39 is 0 Å². The third-order valence-corrected chi connectivity index (χ3v) is 1.54. The quantitative estimate of drug-likeness (QED) is 0.623. The molecule has 0 atom stereocenters. The molecule has 0 unspecified atom stereocenters. The number of nitrogens with two attached hydrogens (primary N) is 1. The zero-order chi connectivity index (χ0) is 9.28. The molecule has 0 rings (SSSR count). The van der Waals surface area contributed by atoms with E-state index in [0.717, 1.165) is 6.42 Å². The van der Waals surface area contributed by atoms with Crippen molar-refractivity contribution in [2.75, 3.05) is 6.54 Å². The average Bonchev–Trinajstić information content (AvgIpc) is 2.10. The molecule has 0 aromatic rings. The molecule has 0 saturated carbocycles. The Kier molecular flexibility index (Phi) is 11.2. The van der Waals surface area contributed by atoms with Gasteiger partial charge in [0.15, 0.2) is 0 Å². The molecule has 0 amide bonds. The summed E-state index contributed by atoms with van der Waals surface area (Å²) in [7, 11) is 0. The fourth-order valence-electron chi connectivity index (χ4n) is 0.659. The molecular weight excluding hydrogens is 134 g/mol. The monoisotopic (exact) mass is 155 g/mol. The Morgan fingerprint density at radius 2 is 1.91 bits per heavy atom. The molecule has 0 aliphatic heterocycles. The molecule has 0 aromatic heterocycles. The minimum Gasteiger partial charge on any atom is -0.326 e. The predicted octanol–water partition coefficient (Wildman–Crippen LogP) is 2.88. The lowest BCUT2D eigenvalue weighted by Crippen LogP contribution is -2.02. The van der Waals surface area contributed by atoms with E-state index in [9.17, 15) is 0 Å². The highest BCUT2D eigenvalue weighted by atomic mass is 14.5. The maximum Gasteiger partial charge on any atom is 0.0177 e. The Morgan fingerprint density at radius 1 is 1.45 bits per heavy atom. The molecule has 0 bridgehead atoms. The van der Waals surface area contributed by atoms with Crippen LogP contribution in [0.4, 0.5) is 0 Å². The first kappa shape index (κ1) is 13.1. The summed E-state index contributed by atoms with van der Waals surface area (Å²) in [6.07, 6.45) is 2.90. The second-order valence-corrected chi connectivity index (χ2v) is 2.07. The van der Waals surface area contributed by atoms with E-state index in [0.29, 0.717) is 6.54 Å². The minimum absolute atomic E-state index is 0.614. The Morgan fingerprint density at radius 3 is 2.00 bits per heavy atom. The van der Waals surface area contributed by atoms with Crippen molar-refractivity contribution in [1.82, 2.24) is 0 Å². The standard InChI is InChI=1S/C8H15N.C2H6/c1-4-7(3)8(5-2)6-9;1-2/h5H,2,4,6,9H2,1,3H3;1-2H3/b8-7+;. The number of rotatable bonds is 3. The zero-order valence-corrected chi connectivity index (χ0v) is 8.28. The number of allylic oxidation sites excluding steroid dienone is 1. The van der Waals surface area contributed by atoms with Gasteiger partial charge in [-0.15, -0.1) is 0 Å². The lowest BCUT2D eigenvalue weighted by molar-refractivity contribution is 1.03. The van der Waals surface area contributed by atoms with Gasteiger partial charge in [0.2, 0.25) is 0 Å². The second kappa shape index (κ2) is 9.44. The van der Waals surface area contributed by atoms with Gasteiger partial charge in [-0.1, -0.05) is 39.0 Å². The first-order chi connectivity index (χ1) is 5.26. The Hall–Kier alpha value is -0.560. The first-order valence-electron chi connectivity index (χ1n) is 4.27. The van der Waals surface area contributed by atoms with E-state index in [-0.39, 0.29) is 0 Å². The summed E-state index contributed by atoms with van der Waals surface area (Å²) >= 11 is 0. The highest BCUT2D eigenvalue weighted by molar-refractivity contribution is 5.23. The van der Waals surface area contributed by atoms with Crippen LogP contribution in [0.2, 0.25) is 0 Å². The Labute approximate surface area is 71.0 Å². The van der Waals surface area contributed by atoms with Crippen molar-refractivity contribution in [3.63, 3.8) is 0 Å². The highest BCUT2D eigenvalue weighted by Crippen LogP contribution is 2.06. The average molecular weight is 155 g/mol. The van der Waals surface area contributed by atoms with Crippen molar-refractivity contribution in [2.24, 2.45) is 5.73 Å². The smallest absolute Gasteiger partial charge is 0.0177 e. The van der Waals surface area contributed by atoms with Gasteiger partial charge in [0.25, 0.3) is 0 Å². The van der Waals surface area contributed by atoms with Crippen molar-refractivity contribution in [2.45, 2.75) is 34.1 Å². The molecule has 0 spiro atoms. The fraction of sp³-hybridized carbons (Fsp3) is 0.600. The summed E-state index contributed by atoms with van der Waals surface area (Å²) in [5.41, 5.74) is 7.95. The van der Waals surface area contributed by atoms with E-state index in [2.05, 4.69) is 20.4 Å². The molecule has 0 aliphatic rings. The van der Waals surface area contributed by atoms with Crippen LogP contribution in [0.5, 0.6) is 0 Å². The van der Waals surface area contributed by atoms with E-state index >= 15 is 0 Å². The minimum atomic E-state index is 0.614. The van der Waals surface area contributed by atoms with Crippen LogP contribution >= 0.6 is 0 Å². The van der Waals surface area contributed by atoms with Gasteiger partial charge >= 0.3 is 0 Å². The highest BCUT2D eigenvalue weighted by Gasteiger charge is 1.91. The number of hydrogen-bond donors (Lipinski definition) is 1. The van der Waals surface area contributed by atoms with Crippen LogP contribution in [0.15, 0.2) is 23.8 Å². The summed E-state index contributed by atoms with van der Waals surface area (Å²) in [6.45, 7) is 12.5. The molecule has 0 fully saturated rings. The van der Waals surface area contributed by atoms with Gasteiger partial charge in [-0.3, -0.25) is 0 Å². The molecule has 1 heteroatoms. The van der Waals surface area contributed by atoms with Crippen molar-refractivity contribution < 1.29 is 0 Å². The molecule has 0 aliphatic carbocycles. The van der Waals surface area contributed by atoms with Crippen LogP contribution in [0.25, 0.3) is 0 Å². The SMILES string of the molecule is C=C/C(CN)=C(/C)CC.CC. The van der Waals surface area contributed by atoms with Crippen LogP contribution in [0.1, 0.15) is 34.1 Å². The largest absolute Gasteiger partial charge is 0.326 e. The molecule has 1 nitrogen and oxygen atoms in total. The third kappa shape index (κ3) is 5.86.